The number of halogens is 1. The van der Waals surface area contributed by atoms with Crippen LogP contribution in [0, 0.1) is 0 Å². The number of hydrogen-bond acceptors (Lipinski definition) is 3. The maximum Gasteiger partial charge on any atom is 0.133 e. The Bertz CT molecular complexity index is 450. The second kappa shape index (κ2) is 8.16. The van der Waals surface area contributed by atoms with Crippen molar-refractivity contribution in [2.45, 2.75) is 64.3 Å². The molecule has 1 aromatic carbocycles. The molecule has 1 saturated carbocycles. The molecule has 0 spiro atoms. The molecule has 1 N–H and O–H groups in total. The van der Waals surface area contributed by atoms with Gasteiger partial charge in [0, 0.05) is 26.1 Å². The Morgan fingerprint density at radius 3 is 2.71 bits per heavy atom. The molecule has 1 fully saturated rings. The van der Waals surface area contributed by atoms with E-state index in [1.54, 1.807) is 7.11 Å². The molecule has 2 atom stereocenters. The minimum atomic E-state index is 0.264. The number of benzene rings is 1. The molecule has 0 radical (unpaired) electrons. The largest absolute Gasteiger partial charge is 0.489 e. The second-order valence-corrected chi connectivity index (χ2v) is 6.92. The van der Waals surface area contributed by atoms with Crippen molar-refractivity contribution in [3.8, 4) is 5.75 Å². The molecule has 0 aromatic heterocycles. The maximum atomic E-state index is 6.15. The Morgan fingerprint density at radius 1 is 1.29 bits per heavy atom. The Kier molecular flexibility index (Phi) is 6.52. The molecule has 0 bridgehead atoms. The van der Waals surface area contributed by atoms with Crippen molar-refractivity contribution in [2.24, 2.45) is 0 Å². The summed E-state index contributed by atoms with van der Waals surface area (Å²) in [4.78, 5) is 0. The molecule has 1 aliphatic carbocycles. The van der Waals surface area contributed by atoms with Crippen molar-refractivity contribution in [1.82, 2.24) is 5.32 Å². The number of hydrogen-bond donors (Lipinski definition) is 1. The zero-order chi connectivity index (χ0) is 15.2. The molecule has 1 aliphatic rings. The quantitative estimate of drug-likeness (QED) is 0.825. The van der Waals surface area contributed by atoms with Gasteiger partial charge in [-0.1, -0.05) is 19.9 Å². The molecule has 0 heterocycles. The first-order valence-electron chi connectivity index (χ1n) is 7.79. The normalized spacial score (nSPS) is 22.5. The van der Waals surface area contributed by atoms with Gasteiger partial charge < -0.3 is 14.8 Å². The molecule has 0 amide bonds. The van der Waals surface area contributed by atoms with E-state index >= 15 is 0 Å². The van der Waals surface area contributed by atoms with Gasteiger partial charge in [0.05, 0.1) is 10.6 Å². The molecule has 0 saturated heterocycles. The summed E-state index contributed by atoms with van der Waals surface area (Å²) in [6, 6.07) is 6.83. The van der Waals surface area contributed by atoms with E-state index in [-0.39, 0.29) is 6.10 Å². The van der Waals surface area contributed by atoms with Crippen molar-refractivity contribution >= 4 is 15.9 Å². The standard InChI is InChI=1S/C17H26BrNO2/c1-12(2)19-11-13-7-8-17(16(18)9-13)21-15-6-4-5-14(10-15)20-3/h7-9,12,14-15,19H,4-6,10-11H2,1-3H3. The van der Waals surface area contributed by atoms with Crippen LogP contribution < -0.4 is 10.1 Å². The van der Waals surface area contributed by atoms with Gasteiger partial charge in [-0.3, -0.25) is 0 Å². The van der Waals surface area contributed by atoms with Crippen LogP contribution in [0.4, 0.5) is 0 Å². The van der Waals surface area contributed by atoms with Gasteiger partial charge >= 0.3 is 0 Å². The Hall–Kier alpha value is -0.580. The predicted octanol–water partition coefficient (Wildman–Crippen LogP) is 4.28. The molecule has 3 nitrogen and oxygen atoms in total. The topological polar surface area (TPSA) is 30.5 Å². The van der Waals surface area contributed by atoms with E-state index in [2.05, 4.69) is 53.3 Å². The average Bonchev–Trinajstić information content (AvgIpc) is 2.48. The van der Waals surface area contributed by atoms with Crippen molar-refractivity contribution in [3.05, 3.63) is 28.2 Å². The van der Waals surface area contributed by atoms with Crippen molar-refractivity contribution < 1.29 is 9.47 Å². The first-order chi connectivity index (χ1) is 10.1. The van der Waals surface area contributed by atoms with Crippen molar-refractivity contribution in [3.63, 3.8) is 0 Å². The highest BCUT2D eigenvalue weighted by molar-refractivity contribution is 9.10. The minimum Gasteiger partial charge on any atom is -0.489 e. The van der Waals surface area contributed by atoms with Crippen LogP contribution in [0.3, 0.4) is 0 Å². The van der Waals surface area contributed by atoms with Gasteiger partial charge in [-0.25, -0.2) is 0 Å². The molecule has 0 aliphatic heterocycles. The Balaban J connectivity index is 1.94. The molecule has 1 aromatic rings. The number of ether oxygens (including phenoxy) is 2. The fourth-order valence-electron chi connectivity index (χ4n) is 2.67. The Labute approximate surface area is 136 Å². The first-order valence-corrected chi connectivity index (χ1v) is 8.59. The highest BCUT2D eigenvalue weighted by atomic mass is 79.9. The third-order valence-electron chi connectivity index (χ3n) is 3.92. The third kappa shape index (κ3) is 5.28. The van der Waals surface area contributed by atoms with Gasteiger partial charge in [0.25, 0.3) is 0 Å². The lowest BCUT2D eigenvalue weighted by atomic mass is 9.95. The summed E-state index contributed by atoms with van der Waals surface area (Å²) >= 11 is 3.63. The molecule has 118 valence electrons. The molecular formula is C17H26BrNO2. The minimum absolute atomic E-state index is 0.264. The van der Waals surface area contributed by atoms with Gasteiger partial charge in [-0.05, 0) is 52.9 Å². The van der Waals surface area contributed by atoms with Crippen LogP contribution in [-0.2, 0) is 11.3 Å². The highest BCUT2D eigenvalue weighted by Gasteiger charge is 2.23. The SMILES string of the molecule is COC1CCCC(Oc2ccc(CNC(C)C)cc2Br)C1. The molecule has 2 rings (SSSR count). The van der Waals surface area contributed by atoms with Crippen molar-refractivity contribution in [1.29, 1.82) is 0 Å². The first kappa shape index (κ1) is 16.8. The van der Waals surface area contributed by atoms with Crippen LogP contribution in [-0.4, -0.2) is 25.4 Å². The van der Waals surface area contributed by atoms with E-state index < -0.39 is 0 Å². The van der Waals surface area contributed by atoms with Crippen molar-refractivity contribution in [2.75, 3.05) is 7.11 Å². The summed E-state index contributed by atoms with van der Waals surface area (Å²) in [6.45, 7) is 5.19. The average molecular weight is 356 g/mol. The van der Waals surface area contributed by atoms with Gasteiger partial charge in [0.1, 0.15) is 11.9 Å². The van der Waals surface area contributed by atoms with Gasteiger partial charge in [-0.2, -0.15) is 0 Å². The summed E-state index contributed by atoms with van der Waals surface area (Å²) in [5.41, 5.74) is 1.27. The lowest BCUT2D eigenvalue weighted by Crippen LogP contribution is -2.29. The fourth-order valence-corrected chi connectivity index (χ4v) is 3.19. The fraction of sp³-hybridized carbons (Fsp3) is 0.647. The van der Waals surface area contributed by atoms with Crippen LogP contribution in [0.5, 0.6) is 5.75 Å². The highest BCUT2D eigenvalue weighted by Crippen LogP contribution is 2.31. The lowest BCUT2D eigenvalue weighted by Gasteiger charge is -2.29. The zero-order valence-corrected chi connectivity index (χ0v) is 14.8. The molecule has 2 unspecified atom stereocenters. The van der Waals surface area contributed by atoms with Crippen LogP contribution in [0.15, 0.2) is 22.7 Å². The molecule has 4 heteroatoms. The molecule has 21 heavy (non-hydrogen) atoms. The van der Waals surface area contributed by atoms with Gasteiger partial charge in [0.15, 0.2) is 0 Å². The van der Waals surface area contributed by atoms with E-state index in [1.807, 2.05) is 0 Å². The van der Waals surface area contributed by atoms with Crippen LogP contribution >= 0.6 is 15.9 Å². The van der Waals surface area contributed by atoms with E-state index in [9.17, 15) is 0 Å². The van der Waals surface area contributed by atoms with Crippen LogP contribution in [0.25, 0.3) is 0 Å². The predicted molar refractivity (Wildman–Crippen MR) is 89.8 cm³/mol. The lowest BCUT2D eigenvalue weighted by molar-refractivity contribution is 0.0207. The second-order valence-electron chi connectivity index (χ2n) is 6.06. The Morgan fingerprint density at radius 2 is 2.05 bits per heavy atom. The summed E-state index contributed by atoms with van der Waals surface area (Å²) in [6.07, 6.45) is 5.04. The van der Waals surface area contributed by atoms with E-state index in [4.69, 9.17) is 9.47 Å². The molecular weight excluding hydrogens is 330 g/mol. The summed E-state index contributed by atoms with van der Waals surface area (Å²) < 4.78 is 12.6. The number of methoxy groups -OCH3 is 1. The summed E-state index contributed by atoms with van der Waals surface area (Å²) in [5, 5.41) is 3.43. The zero-order valence-electron chi connectivity index (χ0n) is 13.2. The van der Waals surface area contributed by atoms with Crippen LogP contribution in [0.1, 0.15) is 45.1 Å². The van der Waals surface area contributed by atoms with Crippen LogP contribution in [0.2, 0.25) is 0 Å². The smallest absolute Gasteiger partial charge is 0.133 e. The van der Waals surface area contributed by atoms with E-state index in [0.717, 1.165) is 36.0 Å². The number of rotatable bonds is 6. The summed E-state index contributed by atoms with van der Waals surface area (Å²) in [7, 11) is 1.79. The van der Waals surface area contributed by atoms with E-state index in [1.165, 1.54) is 12.0 Å². The van der Waals surface area contributed by atoms with Gasteiger partial charge in [0.2, 0.25) is 0 Å². The summed E-state index contributed by atoms with van der Waals surface area (Å²) in [5.74, 6) is 0.935. The third-order valence-corrected chi connectivity index (χ3v) is 4.54. The van der Waals surface area contributed by atoms with Gasteiger partial charge in [-0.15, -0.1) is 0 Å². The maximum absolute atomic E-state index is 6.15. The monoisotopic (exact) mass is 355 g/mol. The van der Waals surface area contributed by atoms with E-state index in [0.29, 0.717) is 12.1 Å². The number of nitrogens with one attached hydrogen (secondary N) is 1.